The first-order chi connectivity index (χ1) is 10.1. The number of carbonyl (C=O) groups excluding carboxylic acids is 2. The zero-order valence-corrected chi connectivity index (χ0v) is 11.6. The molecular weight excluding hydrogens is 270 g/mol. The molecule has 1 aromatic carbocycles. The van der Waals surface area contributed by atoms with E-state index in [1.54, 1.807) is 0 Å². The molecule has 3 unspecified atom stereocenters. The molecule has 21 heavy (non-hydrogen) atoms. The Hall–Kier alpha value is -2.17. The van der Waals surface area contributed by atoms with Gasteiger partial charge in [-0.3, -0.25) is 19.3 Å². The van der Waals surface area contributed by atoms with Crippen LogP contribution in [0.15, 0.2) is 30.3 Å². The van der Waals surface area contributed by atoms with Gasteiger partial charge in [-0.05, 0) is 30.7 Å². The van der Waals surface area contributed by atoms with E-state index in [1.807, 2.05) is 30.3 Å². The van der Waals surface area contributed by atoms with Crippen LogP contribution >= 0.6 is 0 Å². The van der Waals surface area contributed by atoms with Crippen LogP contribution in [0, 0.1) is 11.8 Å². The number of carboxylic acid groups (broad SMARTS) is 1. The smallest absolute Gasteiger partial charge is 0.323 e. The molecule has 0 aromatic heterocycles. The third-order valence-electron chi connectivity index (χ3n) is 4.58. The summed E-state index contributed by atoms with van der Waals surface area (Å²) in [6, 6.07) is 9.98. The lowest BCUT2D eigenvalue weighted by molar-refractivity contribution is -0.149. The minimum atomic E-state index is -1.14. The molecule has 5 heteroatoms. The lowest BCUT2D eigenvalue weighted by Crippen LogP contribution is -2.35. The predicted octanol–water partition coefficient (Wildman–Crippen LogP) is 1.64. The number of likely N-dealkylation sites (tertiary alicyclic amines) is 1. The van der Waals surface area contributed by atoms with Crippen LogP contribution in [0.25, 0.3) is 0 Å². The first-order valence-electron chi connectivity index (χ1n) is 7.20. The molecule has 0 bridgehead atoms. The maximum absolute atomic E-state index is 12.3. The van der Waals surface area contributed by atoms with Gasteiger partial charge in [-0.15, -0.1) is 0 Å². The highest BCUT2D eigenvalue weighted by Gasteiger charge is 2.50. The molecule has 2 aliphatic rings. The highest BCUT2D eigenvalue weighted by atomic mass is 16.4. The average molecular weight is 287 g/mol. The monoisotopic (exact) mass is 287 g/mol. The highest BCUT2D eigenvalue weighted by Crippen LogP contribution is 2.44. The molecule has 1 saturated heterocycles. The summed E-state index contributed by atoms with van der Waals surface area (Å²) in [6.45, 7) is -0.513. The number of carbonyl (C=O) groups is 3. The van der Waals surface area contributed by atoms with E-state index in [0.29, 0.717) is 12.8 Å². The van der Waals surface area contributed by atoms with Crippen LogP contribution in [-0.2, 0) is 14.4 Å². The normalized spacial score (nSPS) is 28.6. The van der Waals surface area contributed by atoms with Crippen molar-refractivity contribution in [2.75, 3.05) is 6.54 Å². The number of amides is 2. The van der Waals surface area contributed by atoms with E-state index >= 15 is 0 Å². The summed E-state index contributed by atoms with van der Waals surface area (Å²) in [7, 11) is 0. The first kappa shape index (κ1) is 13.8. The van der Waals surface area contributed by atoms with Gasteiger partial charge < -0.3 is 5.11 Å². The fraction of sp³-hybridized carbons (Fsp3) is 0.438. The number of hydrogen-bond acceptors (Lipinski definition) is 3. The quantitative estimate of drug-likeness (QED) is 0.858. The van der Waals surface area contributed by atoms with Crippen molar-refractivity contribution in [2.24, 2.45) is 11.8 Å². The second kappa shape index (κ2) is 5.31. The standard InChI is InChI=1S/C16H17NO4/c18-14(19)9-17-15(20)12-7-6-11(8-13(12)16(17)21)10-4-2-1-3-5-10/h1-5,11-13H,6-9H2,(H,18,19). The summed E-state index contributed by atoms with van der Waals surface area (Å²) < 4.78 is 0. The summed E-state index contributed by atoms with van der Waals surface area (Å²) in [6.07, 6.45) is 2.16. The minimum Gasteiger partial charge on any atom is -0.480 e. The van der Waals surface area contributed by atoms with Crippen LogP contribution in [-0.4, -0.2) is 34.3 Å². The van der Waals surface area contributed by atoms with Crippen molar-refractivity contribution in [1.82, 2.24) is 4.90 Å². The topological polar surface area (TPSA) is 74.7 Å². The second-order valence-electron chi connectivity index (χ2n) is 5.79. The number of fused-ring (bicyclic) bond motifs is 1. The molecule has 0 spiro atoms. The number of hydrogen-bond donors (Lipinski definition) is 1. The number of rotatable bonds is 3. The van der Waals surface area contributed by atoms with Gasteiger partial charge in [-0.1, -0.05) is 30.3 Å². The van der Waals surface area contributed by atoms with Crippen LogP contribution in [0.1, 0.15) is 30.7 Å². The number of carboxylic acids is 1. The molecule has 1 aliphatic carbocycles. The van der Waals surface area contributed by atoms with E-state index in [4.69, 9.17) is 5.11 Å². The Morgan fingerprint density at radius 2 is 1.76 bits per heavy atom. The summed E-state index contributed by atoms with van der Waals surface area (Å²) in [4.78, 5) is 36.2. The Kier molecular flexibility index (Phi) is 3.49. The zero-order chi connectivity index (χ0) is 15.0. The van der Waals surface area contributed by atoms with Crippen LogP contribution in [0.5, 0.6) is 0 Å². The van der Waals surface area contributed by atoms with Gasteiger partial charge in [0.05, 0.1) is 11.8 Å². The molecule has 1 heterocycles. The second-order valence-corrected chi connectivity index (χ2v) is 5.79. The van der Waals surface area contributed by atoms with Gasteiger partial charge in [0, 0.05) is 0 Å². The lowest BCUT2D eigenvalue weighted by atomic mass is 9.73. The SMILES string of the molecule is O=C(O)CN1C(=O)C2CCC(c3ccccc3)CC2C1=O. The Morgan fingerprint density at radius 3 is 2.43 bits per heavy atom. The van der Waals surface area contributed by atoms with Crippen LogP contribution in [0.3, 0.4) is 0 Å². The third kappa shape index (κ3) is 2.44. The minimum absolute atomic E-state index is 0.272. The highest BCUT2D eigenvalue weighted by molar-refractivity contribution is 6.07. The van der Waals surface area contributed by atoms with E-state index in [0.717, 1.165) is 11.3 Å². The molecule has 5 nitrogen and oxygen atoms in total. The number of benzene rings is 1. The Labute approximate surface area is 122 Å². The van der Waals surface area contributed by atoms with Crippen LogP contribution in [0.2, 0.25) is 0 Å². The molecule has 1 aliphatic heterocycles. The molecule has 1 aromatic rings. The summed E-state index contributed by atoms with van der Waals surface area (Å²) in [5, 5.41) is 8.83. The van der Waals surface area contributed by atoms with Crippen molar-refractivity contribution in [2.45, 2.75) is 25.2 Å². The predicted molar refractivity (Wildman–Crippen MR) is 74.4 cm³/mol. The molecular formula is C16H17NO4. The van der Waals surface area contributed by atoms with Gasteiger partial charge in [0.15, 0.2) is 0 Å². The fourth-order valence-corrected chi connectivity index (χ4v) is 3.57. The molecule has 2 amide bonds. The average Bonchev–Trinajstić information content (AvgIpc) is 2.72. The number of aliphatic carboxylic acids is 1. The molecule has 0 radical (unpaired) electrons. The van der Waals surface area contributed by atoms with Crippen molar-refractivity contribution in [3.05, 3.63) is 35.9 Å². The lowest BCUT2D eigenvalue weighted by Gasteiger charge is -2.28. The van der Waals surface area contributed by atoms with E-state index in [1.165, 1.54) is 5.56 Å². The van der Waals surface area contributed by atoms with E-state index in [-0.39, 0.29) is 29.6 Å². The van der Waals surface area contributed by atoms with Gasteiger partial charge in [0.1, 0.15) is 6.54 Å². The van der Waals surface area contributed by atoms with Crippen molar-refractivity contribution in [3.63, 3.8) is 0 Å². The van der Waals surface area contributed by atoms with Gasteiger partial charge in [-0.2, -0.15) is 0 Å². The van der Waals surface area contributed by atoms with Crippen LogP contribution in [0.4, 0.5) is 0 Å². The summed E-state index contributed by atoms with van der Waals surface area (Å²) in [5.74, 6) is -2.16. The van der Waals surface area contributed by atoms with Gasteiger partial charge in [0.25, 0.3) is 0 Å². The van der Waals surface area contributed by atoms with E-state index < -0.39 is 12.5 Å². The Morgan fingerprint density at radius 1 is 1.10 bits per heavy atom. The Balaban J connectivity index is 1.78. The number of nitrogens with zero attached hydrogens (tertiary/aromatic N) is 1. The van der Waals surface area contributed by atoms with E-state index in [9.17, 15) is 14.4 Å². The molecule has 3 rings (SSSR count). The molecule has 1 saturated carbocycles. The molecule has 110 valence electrons. The van der Waals surface area contributed by atoms with E-state index in [2.05, 4.69) is 0 Å². The first-order valence-corrected chi connectivity index (χ1v) is 7.20. The molecule has 1 N–H and O–H groups in total. The van der Waals surface area contributed by atoms with Gasteiger partial charge >= 0.3 is 5.97 Å². The largest absolute Gasteiger partial charge is 0.480 e. The zero-order valence-electron chi connectivity index (χ0n) is 11.6. The molecule has 3 atom stereocenters. The van der Waals surface area contributed by atoms with Crippen LogP contribution < -0.4 is 0 Å². The number of imide groups is 1. The van der Waals surface area contributed by atoms with Crippen molar-refractivity contribution >= 4 is 17.8 Å². The van der Waals surface area contributed by atoms with Crippen molar-refractivity contribution in [1.29, 1.82) is 0 Å². The third-order valence-corrected chi connectivity index (χ3v) is 4.58. The summed E-state index contributed by atoms with van der Waals surface area (Å²) >= 11 is 0. The summed E-state index contributed by atoms with van der Waals surface area (Å²) in [5.41, 5.74) is 1.19. The molecule has 2 fully saturated rings. The Bertz CT molecular complexity index is 583. The van der Waals surface area contributed by atoms with Gasteiger partial charge in [0.2, 0.25) is 11.8 Å². The maximum Gasteiger partial charge on any atom is 0.323 e. The van der Waals surface area contributed by atoms with Crippen molar-refractivity contribution in [3.8, 4) is 0 Å². The van der Waals surface area contributed by atoms with Gasteiger partial charge in [-0.25, -0.2) is 0 Å². The fourth-order valence-electron chi connectivity index (χ4n) is 3.57. The maximum atomic E-state index is 12.3. The van der Waals surface area contributed by atoms with Crippen molar-refractivity contribution < 1.29 is 19.5 Å².